The molecule has 134 valence electrons. The number of benzene rings is 2. The Morgan fingerprint density at radius 1 is 1.15 bits per heavy atom. The van der Waals surface area contributed by atoms with E-state index in [-0.39, 0.29) is 5.91 Å². The molecule has 26 heavy (non-hydrogen) atoms. The molecule has 1 amide bonds. The van der Waals surface area contributed by atoms with Gasteiger partial charge in [-0.05, 0) is 17.7 Å². The van der Waals surface area contributed by atoms with Gasteiger partial charge in [-0.3, -0.25) is 4.79 Å². The molecule has 2 aromatic carbocycles. The van der Waals surface area contributed by atoms with Crippen LogP contribution in [0, 0.1) is 0 Å². The van der Waals surface area contributed by atoms with Crippen molar-refractivity contribution in [2.45, 2.75) is 10.9 Å². The summed E-state index contributed by atoms with van der Waals surface area (Å²) in [5.74, 6) is 1.04. The molecule has 0 aliphatic carbocycles. The standard InChI is InChI=1S/C18H18N4O2S2/c1-24-15-9-5-8-14(10-15)20-17-21-22-18(26-17)25-12-16(23)19-11-13-6-3-2-4-7-13/h2-10H,11-12H2,1H3,(H,19,23)(H,20,21). The summed E-state index contributed by atoms with van der Waals surface area (Å²) in [6.07, 6.45) is 0. The predicted octanol–water partition coefficient (Wildman–Crippen LogP) is 3.70. The molecule has 0 aliphatic rings. The third-order valence-corrected chi connectivity index (χ3v) is 5.36. The fourth-order valence-corrected chi connectivity index (χ4v) is 3.72. The third kappa shape index (κ3) is 5.47. The Morgan fingerprint density at radius 2 is 2.00 bits per heavy atom. The summed E-state index contributed by atoms with van der Waals surface area (Å²) in [5.41, 5.74) is 1.95. The first-order chi connectivity index (χ1) is 12.7. The van der Waals surface area contributed by atoms with E-state index in [0.717, 1.165) is 21.3 Å². The summed E-state index contributed by atoms with van der Waals surface area (Å²) < 4.78 is 5.94. The highest BCUT2D eigenvalue weighted by atomic mass is 32.2. The highest BCUT2D eigenvalue weighted by molar-refractivity contribution is 8.01. The zero-order chi connectivity index (χ0) is 18.2. The van der Waals surface area contributed by atoms with Crippen molar-refractivity contribution < 1.29 is 9.53 Å². The van der Waals surface area contributed by atoms with Gasteiger partial charge in [-0.1, -0.05) is 59.5 Å². The van der Waals surface area contributed by atoms with Gasteiger partial charge >= 0.3 is 0 Å². The molecule has 0 fully saturated rings. The molecule has 0 aliphatic heterocycles. The van der Waals surface area contributed by atoms with E-state index in [1.807, 2.05) is 54.6 Å². The number of nitrogens with one attached hydrogen (secondary N) is 2. The molecule has 8 heteroatoms. The molecule has 6 nitrogen and oxygen atoms in total. The van der Waals surface area contributed by atoms with Crippen LogP contribution in [-0.4, -0.2) is 29.0 Å². The summed E-state index contributed by atoms with van der Waals surface area (Å²) in [7, 11) is 1.63. The van der Waals surface area contributed by atoms with Gasteiger partial charge in [0.25, 0.3) is 0 Å². The van der Waals surface area contributed by atoms with Crippen molar-refractivity contribution in [2.24, 2.45) is 0 Å². The van der Waals surface area contributed by atoms with Crippen molar-refractivity contribution in [3.8, 4) is 5.75 Å². The first kappa shape index (κ1) is 18.2. The summed E-state index contributed by atoms with van der Waals surface area (Å²) in [6, 6.07) is 17.4. The van der Waals surface area contributed by atoms with E-state index in [4.69, 9.17) is 4.74 Å². The zero-order valence-electron chi connectivity index (χ0n) is 14.1. The predicted molar refractivity (Wildman–Crippen MR) is 105 cm³/mol. The maximum Gasteiger partial charge on any atom is 0.230 e. The van der Waals surface area contributed by atoms with Gasteiger partial charge in [-0.15, -0.1) is 10.2 Å². The second-order valence-electron chi connectivity index (χ2n) is 5.28. The number of anilines is 2. The molecule has 0 unspecified atom stereocenters. The quantitative estimate of drug-likeness (QED) is 0.575. The van der Waals surface area contributed by atoms with Gasteiger partial charge in [-0.2, -0.15) is 0 Å². The molecule has 3 rings (SSSR count). The molecule has 3 aromatic rings. The number of carbonyl (C=O) groups is 1. The molecule has 0 bridgehead atoms. The topological polar surface area (TPSA) is 76.1 Å². The first-order valence-corrected chi connectivity index (χ1v) is 9.71. The average molecular weight is 387 g/mol. The van der Waals surface area contributed by atoms with Crippen LogP contribution in [0.3, 0.4) is 0 Å². The number of nitrogens with zero attached hydrogens (tertiary/aromatic N) is 2. The molecule has 0 spiro atoms. The summed E-state index contributed by atoms with van der Waals surface area (Å²) in [6.45, 7) is 0.527. The smallest absolute Gasteiger partial charge is 0.230 e. The number of thioether (sulfide) groups is 1. The minimum Gasteiger partial charge on any atom is -0.497 e. The van der Waals surface area contributed by atoms with E-state index >= 15 is 0 Å². The maximum atomic E-state index is 12.0. The lowest BCUT2D eigenvalue weighted by Gasteiger charge is -2.04. The number of rotatable bonds is 8. The number of amides is 1. The van der Waals surface area contributed by atoms with Crippen LogP contribution in [0.4, 0.5) is 10.8 Å². The molecule has 1 heterocycles. The largest absolute Gasteiger partial charge is 0.497 e. The molecular formula is C18H18N4O2S2. The SMILES string of the molecule is COc1cccc(Nc2nnc(SCC(=O)NCc3ccccc3)s2)c1. The van der Waals surface area contributed by atoms with E-state index in [0.29, 0.717) is 17.4 Å². The van der Waals surface area contributed by atoms with Crippen molar-refractivity contribution in [2.75, 3.05) is 18.2 Å². The average Bonchev–Trinajstić information content (AvgIpc) is 3.13. The van der Waals surface area contributed by atoms with Crippen molar-refractivity contribution in [3.63, 3.8) is 0 Å². The number of ether oxygens (including phenoxy) is 1. The van der Waals surface area contributed by atoms with E-state index in [1.54, 1.807) is 7.11 Å². The Morgan fingerprint density at radius 3 is 2.81 bits per heavy atom. The van der Waals surface area contributed by atoms with Crippen molar-refractivity contribution >= 4 is 39.8 Å². The summed E-state index contributed by atoms with van der Waals surface area (Å²) >= 11 is 2.78. The van der Waals surface area contributed by atoms with E-state index in [1.165, 1.54) is 23.1 Å². The van der Waals surface area contributed by atoms with Crippen molar-refractivity contribution in [1.82, 2.24) is 15.5 Å². The first-order valence-electron chi connectivity index (χ1n) is 7.91. The lowest BCUT2D eigenvalue weighted by atomic mass is 10.2. The van der Waals surface area contributed by atoms with Gasteiger partial charge < -0.3 is 15.4 Å². The van der Waals surface area contributed by atoms with Crippen LogP contribution < -0.4 is 15.4 Å². The van der Waals surface area contributed by atoms with E-state index in [9.17, 15) is 4.79 Å². The van der Waals surface area contributed by atoms with Crippen LogP contribution in [0.25, 0.3) is 0 Å². The molecule has 2 N–H and O–H groups in total. The van der Waals surface area contributed by atoms with Gasteiger partial charge in [0, 0.05) is 18.3 Å². The number of carbonyl (C=O) groups excluding carboxylic acids is 1. The Balaban J connectivity index is 1.46. The van der Waals surface area contributed by atoms with Crippen LogP contribution in [0.1, 0.15) is 5.56 Å². The van der Waals surface area contributed by atoms with Crippen LogP contribution in [0.2, 0.25) is 0 Å². The van der Waals surface area contributed by atoms with E-state index < -0.39 is 0 Å². The molecule has 0 radical (unpaired) electrons. The van der Waals surface area contributed by atoms with Gasteiger partial charge in [0.05, 0.1) is 12.9 Å². The van der Waals surface area contributed by atoms with Crippen LogP contribution in [-0.2, 0) is 11.3 Å². The normalized spacial score (nSPS) is 10.3. The molecule has 1 aromatic heterocycles. The Hall–Kier alpha value is -2.58. The number of aromatic nitrogens is 2. The van der Waals surface area contributed by atoms with Crippen molar-refractivity contribution in [3.05, 3.63) is 60.2 Å². The Bertz CT molecular complexity index is 855. The number of methoxy groups -OCH3 is 1. The van der Waals surface area contributed by atoms with Gasteiger partial charge in [0.15, 0.2) is 4.34 Å². The fraction of sp³-hybridized carbons (Fsp3) is 0.167. The lowest BCUT2D eigenvalue weighted by Crippen LogP contribution is -2.24. The Kier molecular flexibility index (Phi) is 6.45. The lowest BCUT2D eigenvalue weighted by molar-refractivity contribution is -0.118. The minimum absolute atomic E-state index is 0.0312. The monoisotopic (exact) mass is 386 g/mol. The molecule has 0 saturated heterocycles. The number of hydrogen-bond donors (Lipinski definition) is 2. The zero-order valence-corrected chi connectivity index (χ0v) is 15.8. The van der Waals surface area contributed by atoms with Gasteiger partial charge in [0.2, 0.25) is 11.0 Å². The fourth-order valence-electron chi connectivity index (χ4n) is 2.12. The molecule has 0 atom stereocenters. The van der Waals surface area contributed by atoms with E-state index in [2.05, 4.69) is 20.8 Å². The van der Waals surface area contributed by atoms with Gasteiger partial charge in [0.1, 0.15) is 5.75 Å². The van der Waals surface area contributed by atoms with Gasteiger partial charge in [-0.25, -0.2) is 0 Å². The second kappa shape index (κ2) is 9.21. The third-order valence-electron chi connectivity index (χ3n) is 3.39. The molecule has 0 saturated carbocycles. The second-order valence-corrected chi connectivity index (χ2v) is 7.48. The number of hydrogen-bond acceptors (Lipinski definition) is 7. The van der Waals surface area contributed by atoms with Crippen LogP contribution in [0.15, 0.2) is 58.9 Å². The summed E-state index contributed by atoms with van der Waals surface area (Å²) in [4.78, 5) is 12.0. The van der Waals surface area contributed by atoms with Crippen LogP contribution in [0.5, 0.6) is 5.75 Å². The minimum atomic E-state index is -0.0312. The molecular weight excluding hydrogens is 368 g/mol. The van der Waals surface area contributed by atoms with Crippen molar-refractivity contribution in [1.29, 1.82) is 0 Å². The van der Waals surface area contributed by atoms with Crippen LogP contribution >= 0.6 is 23.1 Å². The highest BCUT2D eigenvalue weighted by Gasteiger charge is 2.09. The summed E-state index contributed by atoms with van der Waals surface area (Å²) in [5, 5.41) is 15.0. The maximum absolute atomic E-state index is 12.0. The highest BCUT2D eigenvalue weighted by Crippen LogP contribution is 2.28. The Labute approximate surface area is 160 Å².